The third-order valence-electron chi connectivity index (χ3n) is 3.58. The molecule has 1 aromatic heterocycles. The predicted octanol–water partition coefficient (Wildman–Crippen LogP) is 2.09. The van der Waals surface area contributed by atoms with Gasteiger partial charge in [0.05, 0.1) is 12.2 Å². The lowest BCUT2D eigenvalue weighted by Crippen LogP contribution is -2.38. The van der Waals surface area contributed by atoms with Crippen molar-refractivity contribution >= 4 is 23.3 Å². The number of nitrogens with one attached hydrogen (secondary N) is 1. The number of carboxylic acid groups (broad SMARTS) is 1. The van der Waals surface area contributed by atoms with Crippen LogP contribution in [0.25, 0.3) is 0 Å². The van der Waals surface area contributed by atoms with Crippen molar-refractivity contribution < 1.29 is 14.7 Å². The molecular formula is C13H19N3O3S. The van der Waals surface area contributed by atoms with Crippen molar-refractivity contribution in [1.82, 2.24) is 15.2 Å². The van der Waals surface area contributed by atoms with Gasteiger partial charge < -0.3 is 15.3 Å². The van der Waals surface area contributed by atoms with Crippen LogP contribution < -0.4 is 5.32 Å². The van der Waals surface area contributed by atoms with E-state index in [1.54, 1.807) is 6.92 Å². The van der Waals surface area contributed by atoms with Crippen molar-refractivity contribution in [2.75, 3.05) is 13.1 Å². The van der Waals surface area contributed by atoms with Crippen molar-refractivity contribution in [3.63, 3.8) is 0 Å². The van der Waals surface area contributed by atoms with Gasteiger partial charge in [-0.1, -0.05) is 13.3 Å². The lowest BCUT2D eigenvalue weighted by atomic mass is 10.1. The lowest BCUT2D eigenvalue weighted by Gasteiger charge is -2.16. The number of rotatable bonds is 4. The van der Waals surface area contributed by atoms with E-state index in [2.05, 4.69) is 17.2 Å². The van der Waals surface area contributed by atoms with E-state index in [0.29, 0.717) is 16.6 Å². The van der Waals surface area contributed by atoms with Crippen LogP contribution in [0.3, 0.4) is 0 Å². The van der Waals surface area contributed by atoms with Gasteiger partial charge in [-0.25, -0.2) is 14.6 Å². The van der Waals surface area contributed by atoms with Crippen LogP contribution in [0.15, 0.2) is 0 Å². The van der Waals surface area contributed by atoms with Gasteiger partial charge in [0.25, 0.3) is 0 Å². The van der Waals surface area contributed by atoms with Gasteiger partial charge >= 0.3 is 12.0 Å². The first-order valence-corrected chi connectivity index (χ1v) is 7.55. The van der Waals surface area contributed by atoms with Crippen LogP contribution in [0, 0.1) is 12.8 Å². The SMILES string of the molecule is CCC1CCN(C(=O)NCc2nc(C)c(C(=O)O)s2)C1. The van der Waals surface area contributed by atoms with Crippen molar-refractivity contribution in [2.24, 2.45) is 5.92 Å². The third kappa shape index (κ3) is 3.27. The maximum absolute atomic E-state index is 12.0. The Morgan fingerprint density at radius 3 is 2.85 bits per heavy atom. The van der Waals surface area contributed by atoms with E-state index in [0.717, 1.165) is 37.3 Å². The third-order valence-corrected chi connectivity index (χ3v) is 4.72. The molecule has 7 heteroatoms. The second-order valence-electron chi connectivity index (χ2n) is 4.99. The second-order valence-corrected chi connectivity index (χ2v) is 6.08. The molecule has 6 nitrogen and oxygen atoms in total. The van der Waals surface area contributed by atoms with Gasteiger partial charge in [0, 0.05) is 13.1 Å². The minimum absolute atomic E-state index is 0.0920. The molecule has 2 amide bonds. The van der Waals surface area contributed by atoms with Crippen LogP contribution in [0.4, 0.5) is 4.79 Å². The molecule has 2 rings (SSSR count). The molecule has 1 atom stereocenters. The Hall–Kier alpha value is -1.63. The summed E-state index contributed by atoms with van der Waals surface area (Å²) in [5.74, 6) is -0.371. The molecule has 20 heavy (non-hydrogen) atoms. The molecule has 1 aliphatic heterocycles. The standard InChI is InChI=1S/C13H19N3O3S/c1-3-9-4-5-16(7-9)13(19)14-6-10-15-8(2)11(20-10)12(17)18/h9H,3-7H2,1-2H3,(H,14,19)(H,17,18). The molecule has 0 spiro atoms. The molecule has 1 unspecified atom stereocenters. The molecule has 1 aliphatic rings. The number of carbonyl (C=O) groups is 2. The first-order chi connectivity index (χ1) is 9.51. The Labute approximate surface area is 121 Å². The summed E-state index contributed by atoms with van der Waals surface area (Å²) in [4.78, 5) is 29.1. The van der Waals surface area contributed by atoms with Crippen molar-refractivity contribution in [2.45, 2.75) is 33.2 Å². The number of hydrogen-bond acceptors (Lipinski definition) is 4. The van der Waals surface area contributed by atoms with E-state index < -0.39 is 5.97 Å². The Kier molecular flexibility index (Phi) is 4.59. The second kappa shape index (κ2) is 6.21. The highest BCUT2D eigenvalue weighted by Gasteiger charge is 2.25. The lowest BCUT2D eigenvalue weighted by molar-refractivity contribution is 0.0701. The molecule has 2 N–H and O–H groups in total. The van der Waals surface area contributed by atoms with Crippen LogP contribution in [0.2, 0.25) is 0 Å². The van der Waals surface area contributed by atoms with Gasteiger partial charge in [0.15, 0.2) is 0 Å². The molecule has 2 heterocycles. The fourth-order valence-electron chi connectivity index (χ4n) is 2.34. The average Bonchev–Trinajstić information content (AvgIpc) is 3.02. The first kappa shape index (κ1) is 14.8. The maximum Gasteiger partial charge on any atom is 0.347 e. The Morgan fingerprint density at radius 1 is 1.55 bits per heavy atom. The van der Waals surface area contributed by atoms with Crippen LogP contribution in [0.5, 0.6) is 0 Å². The number of nitrogens with zero attached hydrogens (tertiary/aromatic N) is 2. The predicted molar refractivity (Wildman–Crippen MR) is 76.0 cm³/mol. The molecule has 1 saturated heterocycles. The Morgan fingerprint density at radius 2 is 2.30 bits per heavy atom. The molecule has 0 saturated carbocycles. The maximum atomic E-state index is 12.0. The number of likely N-dealkylation sites (tertiary alicyclic amines) is 1. The van der Waals surface area contributed by atoms with E-state index in [1.807, 2.05) is 4.90 Å². The van der Waals surface area contributed by atoms with E-state index in [-0.39, 0.29) is 17.5 Å². The van der Waals surface area contributed by atoms with Gasteiger partial charge in [-0.3, -0.25) is 0 Å². The van der Waals surface area contributed by atoms with Crippen molar-refractivity contribution in [1.29, 1.82) is 0 Å². The summed E-state index contributed by atoms with van der Waals surface area (Å²) >= 11 is 1.11. The van der Waals surface area contributed by atoms with Gasteiger partial charge in [0.2, 0.25) is 0 Å². The summed E-state index contributed by atoms with van der Waals surface area (Å²) in [6.45, 7) is 5.68. The Balaban J connectivity index is 1.87. The normalized spacial score (nSPS) is 18.3. The smallest absolute Gasteiger partial charge is 0.347 e. The highest BCUT2D eigenvalue weighted by Crippen LogP contribution is 2.20. The summed E-state index contributed by atoms with van der Waals surface area (Å²) in [6, 6.07) is -0.0920. The molecule has 0 aromatic carbocycles. The topological polar surface area (TPSA) is 82.5 Å². The number of hydrogen-bond donors (Lipinski definition) is 2. The summed E-state index contributed by atoms with van der Waals surface area (Å²) in [5, 5.41) is 12.4. The molecule has 0 radical (unpaired) electrons. The minimum atomic E-state index is -0.970. The molecule has 1 fully saturated rings. The first-order valence-electron chi connectivity index (χ1n) is 6.73. The molecule has 110 valence electrons. The van der Waals surface area contributed by atoms with E-state index in [4.69, 9.17) is 5.11 Å². The number of aromatic nitrogens is 1. The number of aryl methyl sites for hydroxylation is 1. The fraction of sp³-hybridized carbons (Fsp3) is 0.615. The molecule has 0 aliphatic carbocycles. The zero-order chi connectivity index (χ0) is 14.7. The minimum Gasteiger partial charge on any atom is -0.477 e. The largest absolute Gasteiger partial charge is 0.477 e. The van der Waals surface area contributed by atoms with Gasteiger partial charge in [-0.2, -0.15) is 0 Å². The summed E-state index contributed by atoms with van der Waals surface area (Å²) in [6.07, 6.45) is 2.15. The fourth-order valence-corrected chi connectivity index (χ4v) is 3.18. The van der Waals surface area contributed by atoms with Gasteiger partial charge in [-0.15, -0.1) is 11.3 Å². The van der Waals surface area contributed by atoms with E-state index in [9.17, 15) is 9.59 Å². The van der Waals surface area contributed by atoms with Gasteiger partial charge in [-0.05, 0) is 19.3 Å². The number of carbonyl (C=O) groups excluding carboxylic acids is 1. The molecule has 0 bridgehead atoms. The van der Waals surface area contributed by atoms with E-state index >= 15 is 0 Å². The quantitative estimate of drug-likeness (QED) is 0.891. The summed E-state index contributed by atoms with van der Waals surface area (Å²) < 4.78 is 0. The van der Waals surface area contributed by atoms with Crippen LogP contribution in [0.1, 0.15) is 40.1 Å². The van der Waals surface area contributed by atoms with Crippen LogP contribution in [-0.2, 0) is 6.54 Å². The monoisotopic (exact) mass is 297 g/mol. The number of thiazole rings is 1. The van der Waals surface area contributed by atoms with E-state index in [1.165, 1.54) is 0 Å². The summed E-state index contributed by atoms with van der Waals surface area (Å²) in [5.41, 5.74) is 0.499. The zero-order valence-electron chi connectivity index (χ0n) is 11.7. The molecular weight excluding hydrogens is 278 g/mol. The highest BCUT2D eigenvalue weighted by atomic mass is 32.1. The van der Waals surface area contributed by atoms with Crippen molar-refractivity contribution in [3.8, 4) is 0 Å². The zero-order valence-corrected chi connectivity index (χ0v) is 12.5. The van der Waals surface area contributed by atoms with Crippen molar-refractivity contribution in [3.05, 3.63) is 15.6 Å². The Bertz CT molecular complexity index is 515. The number of amides is 2. The molecule has 1 aromatic rings. The van der Waals surface area contributed by atoms with Crippen LogP contribution >= 0.6 is 11.3 Å². The number of urea groups is 1. The van der Waals surface area contributed by atoms with Crippen LogP contribution in [-0.4, -0.2) is 40.1 Å². The number of carboxylic acids is 1. The van der Waals surface area contributed by atoms with Gasteiger partial charge in [0.1, 0.15) is 9.88 Å². The summed E-state index contributed by atoms with van der Waals surface area (Å²) in [7, 11) is 0. The highest BCUT2D eigenvalue weighted by molar-refractivity contribution is 7.13. The average molecular weight is 297 g/mol. The number of aromatic carboxylic acids is 1.